The summed E-state index contributed by atoms with van der Waals surface area (Å²) in [5.41, 5.74) is 4.21. The number of nitrogens with zero attached hydrogens (tertiary/aromatic N) is 1. The average molecular weight is 266 g/mol. The van der Waals surface area contributed by atoms with Gasteiger partial charge in [-0.1, -0.05) is 12.1 Å². The van der Waals surface area contributed by atoms with Crippen LogP contribution < -0.4 is 5.32 Å². The molecule has 0 saturated carbocycles. The number of para-hydroxylation sites is 1. The van der Waals surface area contributed by atoms with Crippen LogP contribution in [0.5, 0.6) is 0 Å². The summed E-state index contributed by atoms with van der Waals surface area (Å²) in [5, 5.41) is 3.10. The highest BCUT2D eigenvalue weighted by molar-refractivity contribution is 5.94. The number of hydrogen-bond donors (Lipinski definition) is 1. The van der Waals surface area contributed by atoms with Crippen LogP contribution >= 0.6 is 0 Å². The van der Waals surface area contributed by atoms with Gasteiger partial charge in [-0.25, -0.2) is 0 Å². The van der Waals surface area contributed by atoms with E-state index < -0.39 is 0 Å². The van der Waals surface area contributed by atoms with Crippen molar-refractivity contribution in [1.29, 1.82) is 0 Å². The first-order valence-electron chi connectivity index (χ1n) is 6.37. The molecule has 0 aliphatic carbocycles. The van der Waals surface area contributed by atoms with Crippen molar-refractivity contribution in [1.82, 2.24) is 4.98 Å². The lowest BCUT2D eigenvalue weighted by atomic mass is 10.1. The monoisotopic (exact) mass is 266 g/mol. The van der Waals surface area contributed by atoms with Crippen molar-refractivity contribution >= 4 is 28.6 Å². The molecule has 4 nitrogen and oxygen atoms in total. The van der Waals surface area contributed by atoms with Gasteiger partial charge in [-0.2, -0.15) is 4.98 Å². The molecule has 1 aromatic heterocycles. The van der Waals surface area contributed by atoms with Crippen LogP contribution in [-0.4, -0.2) is 10.8 Å². The molecule has 1 heterocycles. The molecule has 2 aromatic carbocycles. The normalized spacial score (nSPS) is 10.7. The van der Waals surface area contributed by atoms with Gasteiger partial charge in [0.15, 0.2) is 11.4 Å². The number of anilines is 2. The maximum absolute atomic E-state index is 11.2. The molecule has 0 bridgehead atoms. The molecule has 3 aromatic rings. The molecule has 0 unspecified atom stereocenters. The van der Waals surface area contributed by atoms with E-state index in [9.17, 15) is 4.79 Å². The van der Waals surface area contributed by atoms with Gasteiger partial charge in [0.2, 0.25) is 0 Å². The van der Waals surface area contributed by atoms with E-state index in [0.717, 1.165) is 22.4 Å². The number of Topliss-reactive ketones (excluding diaryl/α,β-unsaturated/α-hetero) is 1. The molecular formula is C16H14N2O2. The van der Waals surface area contributed by atoms with Crippen molar-refractivity contribution in [2.75, 3.05) is 5.32 Å². The van der Waals surface area contributed by atoms with Gasteiger partial charge < -0.3 is 9.73 Å². The van der Waals surface area contributed by atoms with E-state index in [-0.39, 0.29) is 5.78 Å². The van der Waals surface area contributed by atoms with Gasteiger partial charge in [-0.3, -0.25) is 4.79 Å². The van der Waals surface area contributed by atoms with Crippen molar-refractivity contribution in [3.8, 4) is 0 Å². The number of fused-ring (bicyclic) bond motifs is 1. The highest BCUT2D eigenvalue weighted by Gasteiger charge is 2.07. The molecule has 0 saturated heterocycles. The SMILES string of the molecule is CC(=O)c1ccc(Nc2nc3c(C)cccc3o2)cc1. The van der Waals surface area contributed by atoms with Crippen LogP contribution in [0, 0.1) is 6.92 Å². The smallest absolute Gasteiger partial charge is 0.300 e. The lowest BCUT2D eigenvalue weighted by Gasteiger charge is -2.01. The van der Waals surface area contributed by atoms with Gasteiger partial charge in [0.1, 0.15) is 5.52 Å². The Bertz CT molecular complexity index is 773. The van der Waals surface area contributed by atoms with Gasteiger partial charge in [0.05, 0.1) is 0 Å². The molecule has 100 valence electrons. The van der Waals surface area contributed by atoms with Gasteiger partial charge in [-0.15, -0.1) is 0 Å². The van der Waals surface area contributed by atoms with Crippen LogP contribution in [0.4, 0.5) is 11.7 Å². The summed E-state index contributed by atoms with van der Waals surface area (Å²) in [4.78, 5) is 15.6. The zero-order chi connectivity index (χ0) is 14.1. The molecule has 3 rings (SSSR count). The highest BCUT2D eigenvalue weighted by Crippen LogP contribution is 2.24. The second kappa shape index (κ2) is 4.81. The molecule has 0 spiro atoms. The van der Waals surface area contributed by atoms with E-state index in [4.69, 9.17) is 4.42 Å². The summed E-state index contributed by atoms with van der Waals surface area (Å²) in [7, 11) is 0. The van der Waals surface area contributed by atoms with Crippen LogP contribution in [0.3, 0.4) is 0 Å². The number of ketones is 1. The van der Waals surface area contributed by atoms with Gasteiger partial charge >= 0.3 is 0 Å². The van der Waals surface area contributed by atoms with E-state index >= 15 is 0 Å². The lowest BCUT2D eigenvalue weighted by molar-refractivity contribution is 0.101. The number of hydrogen-bond acceptors (Lipinski definition) is 4. The fourth-order valence-corrected chi connectivity index (χ4v) is 2.05. The Morgan fingerprint density at radius 3 is 2.55 bits per heavy atom. The van der Waals surface area contributed by atoms with Crippen LogP contribution in [0.15, 0.2) is 46.9 Å². The zero-order valence-electron chi connectivity index (χ0n) is 11.3. The topological polar surface area (TPSA) is 55.1 Å². The molecule has 4 heteroatoms. The number of benzene rings is 2. The van der Waals surface area contributed by atoms with E-state index in [1.54, 1.807) is 19.1 Å². The molecule has 1 N–H and O–H groups in total. The van der Waals surface area contributed by atoms with Gasteiger partial charge in [0, 0.05) is 11.3 Å². The van der Waals surface area contributed by atoms with Crippen LogP contribution in [-0.2, 0) is 0 Å². The zero-order valence-corrected chi connectivity index (χ0v) is 11.3. The Morgan fingerprint density at radius 1 is 1.15 bits per heavy atom. The van der Waals surface area contributed by atoms with Gasteiger partial charge in [0.25, 0.3) is 6.01 Å². The number of aromatic nitrogens is 1. The Kier molecular flexibility index (Phi) is 2.99. The molecular weight excluding hydrogens is 252 g/mol. The van der Waals surface area contributed by atoms with Crippen molar-refractivity contribution in [2.24, 2.45) is 0 Å². The summed E-state index contributed by atoms with van der Waals surface area (Å²) in [6.45, 7) is 3.54. The van der Waals surface area contributed by atoms with Crippen molar-refractivity contribution in [3.05, 3.63) is 53.6 Å². The fourth-order valence-electron chi connectivity index (χ4n) is 2.05. The second-order valence-electron chi connectivity index (χ2n) is 4.70. The highest BCUT2D eigenvalue weighted by atomic mass is 16.4. The number of rotatable bonds is 3. The van der Waals surface area contributed by atoms with E-state index in [2.05, 4.69) is 10.3 Å². The molecule has 0 radical (unpaired) electrons. The average Bonchev–Trinajstić information content (AvgIpc) is 2.83. The first-order chi connectivity index (χ1) is 9.63. The van der Waals surface area contributed by atoms with Crippen molar-refractivity contribution in [2.45, 2.75) is 13.8 Å². The maximum Gasteiger partial charge on any atom is 0.300 e. The minimum Gasteiger partial charge on any atom is -0.423 e. The Morgan fingerprint density at radius 2 is 1.90 bits per heavy atom. The number of nitrogens with one attached hydrogen (secondary N) is 1. The van der Waals surface area contributed by atoms with Crippen LogP contribution in [0.2, 0.25) is 0 Å². The Hall–Kier alpha value is -2.62. The number of oxazole rings is 1. The van der Waals surface area contributed by atoms with Crippen molar-refractivity contribution < 1.29 is 9.21 Å². The number of aryl methyl sites for hydroxylation is 1. The third-order valence-corrected chi connectivity index (χ3v) is 3.16. The van der Waals surface area contributed by atoms with E-state index in [0.29, 0.717) is 11.6 Å². The standard InChI is InChI=1S/C16H14N2O2/c1-10-4-3-5-14-15(10)18-16(20-14)17-13-8-6-12(7-9-13)11(2)19/h3-9H,1-2H3,(H,17,18). The quantitative estimate of drug-likeness (QED) is 0.726. The van der Waals surface area contributed by atoms with E-state index in [1.807, 2.05) is 37.3 Å². The summed E-state index contributed by atoms with van der Waals surface area (Å²) in [5.74, 6) is 0.0500. The van der Waals surface area contributed by atoms with Crippen LogP contribution in [0.25, 0.3) is 11.1 Å². The maximum atomic E-state index is 11.2. The molecule has 20 heavy (non-hydrogen) atoms. The molecule has 0 aliphatic rings. The third kappa shape index (κ3) is 2.28. The largest absolute Gasteiger partial charge is 0.423 e. The fraction of sp³-hybridized carbons (Fsp3) is 0.125. The summed E-state index contributed by atoms with van der Waals surface area (Å²) in [6, 6.07) is 13.5. The first kappa shape index (κ1) is 12.4. The number of carbonyl (C=O) groups is 1. The first-order valence-corrected chi connectivity index (χ1v) is 6.37. The summed E-state index contributed by atoms with van der Waals surface area (Å²) in [6.07, 6.45) is 0. The van der Waals surface area contributed by atoms with Crippen LogP contribution in [0.1, 0.15) is 22.8 Å². The number of carbonyl (C=O) groups excluding carboxylic acids is 1. The summed E-state index contributed by atoms with van der Waals surface area (Å²) >= 11 is 0. The Balaban J connectivity index is 1.89. The minimum absolute atomic E-state index is 0.0500. The third-order valence-electron chi connectivity index (χ3n) is 3.16. The molecule has 0 fully saturated rings. The Labute approximate surface area is 116 Å². The molecule has 0 aliphatic heterocycles. The van der Waals surface area contributed by atoms with Gasteiger partial charge in [-0.05, 0) is 49.7 Å². The molecule has 0 atom stereocenters. The molecule has 0 amide bonds. The summed E-state index contributed by atoms with van der Waals surface area (Å²) < 4.78 is 5.64. The predicted octanol–water partition coefficient (Wildman–Crippen LogP) is 4.08. The lowest BCUT2D eigenvalue weighted by Crippen LogP contribution is -1.94. The second-order valence-corrected chi connectivity index (χ2v) is 4.70. The predicted molar refractivity (Wildman–Crippen MR) is 78.5 cm³/mol. The van der Waals surface area contributed by atoms with Crippen molar-refractivity contribution in [3.63, 3.8) is 0 Å². The minimum atomic E-state index is 0.0500. The van der Waals surface area contributed by atoms with E-state index in [1.165, 1.54) is 0 Å².